The molecule has 1 saturated heterocycles. The molecule has 1 spiro atoms. The summed E-state index contributed by atoms with van der Waals surface area (Å²) in [6.45, 7) is 21.1. The van der Waals surface area contributed by atoms with Crippen molar-refractivity contribution in [1.29, 1.82) is 0 Å². The molecule has 46 heavy (non-hydrogen) atoms. The molecule has 0 bridgehead atoms. The van der Waals surface area contributed by atoms with E-state index in [1.807, 2.05) is 27.7 Å². The van der Waals surface area contributed by atoms with Crippen LogP contribution in [0.4, 0.5) is 0 Å². The summed E-state index contributed by atoms with van der Waals surface area (Å²) in [4.78, 5) is 64.1. The Hall–Kier alpha value is -3.47. The first-order chi connectivity index (χ1) is 21.6. The van der Waals surface area contributed by atoms with E-state index in [0.717, 1.165) is 5.57 Å². The molecule has 0 aromatic carbocycles. The second-order valence-corrected chi connectivity index (χ2v) is 13.0. The highest BCUT2D eigenvalue weighted by Gasteiger charge is 2.75. The van der Waals surface area contributed by atoms with Gasteiger partial charge in [-0.05, 0) is 49.5 Å². The fourth-order valence-electron chi connectivity index (χ4n) is 7.36. The van der Waals surface area contributed by atoms with E-state index in [0.29, 0.717) is 31.3 Å². The van der Waals surface area contributed by atoms with Crippen molar-refractivity contribution in [2.75, 3.05) is 0 Å². The first-order valence-electron chi connectivity index (χ1n) is 16.2. The van der Waals surface area contributed by atoms with Crippen LogP contribution in [0.2, 0.25) is 0 Å². The molecule has 2 fully saturated rings. The van der Waals surface area contributed by atoms with Gasteiger partial charge in [0.05, 0.1) is 5.92 Å². The highest BCUT2D eigenvalue weighted by atomic mass is 16.8. The maximum Gasteiger partial charge on any atom is 0.309 e. The zero-order valence-corrected chi connectivity index (χ0v) is 28.4. The van der Waals surface area contributed by atoms with E-state index in [4.69, 9.17) is 28.4 Å². The van der Waals surface area contributed by atoms with Crippen LogP contribution in [-0.2, 0) is 52.4 Å². The lowest BCUT2D eigenvalue weighted by Crippen LogP contribution is -2.69. The number of ether oxygens (including phenoxy) is 6. The van der Waals surface area contributed by atoms with E-state index in [9.17, 15) is 24.0 Å². The molecular weight excluding hydrogens is 596 g/mol. The van der Waals surface area contributed by atoms with Crippen LogP contribution in [0.25, 0.3) is 0 Å². The summed E-state index contributed by atoms with van der Waals surface area (Å²) < 4.78 is 36.1. The Bertz CT molecular complexity index is 1250. The number of carbonyl (C=O) groups excluding carboxylic acids is 5. The van der Waals surface area contributed by atoms with Crippen LogP contribution >= 0.6 is 0 Å². The van der Waals surface area contributed by atoms with Crippen LogP contribution in [-0.4, -0.2) is 60.7 Å². The van der Waals surface area contributed by atoms with Crippen LogP contribution in [0.5, 0.6) is 0 Å². The maximum atomic E-state index is 13.1. The first kappa shape index (κ1) is 37.0. The Morgan fingerprint density at radius 3 is 2.17 bits per heavy atom. The molecule has 0 aromatic rings. The summed E-state index contributed by atoms with van der Waals surface area (Å²) >= 11 is 0. The highest BCUT2D eigenvalue weighted by molar-refractivity contribution is 5.73. The van der Waals surface area contributed by atoms with Gasteiger partial charge in [0.15, 0.2) is 6.10 Å². The number of allylic oxidation sites excluding steroid dienone is 2. The summed E-state index contributed by atoms with van der Waals surface area (Å²) in [6.07, 6.45) is -0.0464. The molecule has 3 rings (SSSR count). The normalized spacial score (nSPS) is 33.7. The summed E-state index contributed by atoms with van der Waals surface area (Å²) in [5, 5.41) is 0. The fraction of sp³-hybridized carbons (Fsp3) is 0.686. The van der Waals surface area contributed by atoms with Crippen molar-refractivity contribution in [3.8, 4) is 0 Å². The minimum Gasteiger partial charge on any atom is -0.458 e. The average Bonchev–Trinajstić information content (AvgIpc) is 3.27. The Kier molecular flexibility index (Phi) is 12.0. The summed E-state index contributed by atoms with van der Waals surface area (Å²) in [5.74, 6) is -4.28. The van der Waals surface area contributed by atoms with Crippen molar-refractivity contribution in [3.63, 3.8) is 0 Å². The molecule has 0 amide bonds. The number of rotatable bonds is 13. The van der Waals surface area contributed by atoms with Crippen LogP contribution < -0.4 is 0 Å². The van der Waals surface area contributed by atoms with Crippen molar-refractivity contribution >= 4 is 29.8 Å². The van der Waals surface area contributed by atoms with Gasteiger partial charge in [-0.15, -0.1) is 0 Å². The topological polar surface area (TPSA) is 141 Å². The Morgan fingerprint density at radius 2 is 1.63 bits per heavy atom. The quantitative estimate of drug-likeness (QED) is 0.108. The van der Waals surface area contributed by atoms with Gasteiger partial charge in [0.25, 0.3) is 0 Å². The van der Waals surface area contributed by atoms with Crippen molar-refractivity contribution in [2.45, 2.75) is 125 Å². The van der Waals surface area contributed by atoms with Gasteiger partial charge < -0.3 is 23.7 Å². The van der Waals surface area contributed by atoms with E-state index < -0.39 is 83.4 Å². The van der Waals surface area contributed by atoms with Gasteiger partial charge in [-0.3, -0.25) is 28.7 Å². The second-order valence-electron chi connectivity index (χ2n) is 13.0. The van der Waals surface area contributed by atoms with Gasteiger partial charge in [0, 0.05) is 38.7 Å². The molecular formula is C35H50O11. The summed E-state index contributed by atoms with van der Waals surface area (Å²) in [6, 6.07) is 0. The fourth-order valence-corrected chi connectivity index (χ4v) is 7.36. The largest absolute Gasteiger partial charge is 0.458 e. The molecule has 1 aliphatic heterocycles. The molecule has 11 nitrogen and oxygen atoms in total. The van der Waals surface area contributed by atoms with Crippen molar-refractivity contribution < 1.29 is 52.4 Å². The molecule has 256 valence electrons. The SMILES string of the molecule is C=CC(=C)CC[C@]1(C)[C@H]2C[C@H](OC(=O)C(C)CC)C=C3[C@H](OC(=O)CCC)O[C@H](OC(C)=O)[C@@]32[C@H](OC(C)=O)[C@H](OC(C)=O)[C@@H]1C. The molecule has 11 heteroatoms. The molecule has 1 heterocycles. The number of hydrogen-bond acceptors (Lipinski definition) is 11. The predicted octanol–water partition coefficient (Wildman–Crippen LogP) is 5.51. The lowest BCUT2D eigenvalue weighted by Gasteiger charge is -2.62. The van der Waals surface area contributed by atoms with Crippen LogP contribution in [0.3, 0.4) is 0 Å². The van der Waals surface area contributed by atoms with E-state index in [-0.39, 0.29) is 18.8 Å². The monoisotopic (exact) mass is 646 g/mol. The zero-order chi connectivity index (χ0) is 34.6. The molecule has 2 aliphatic carbocycles. The third-order valence-electron chi connectivity index (χ3n) is 10.0. The minimum absolute atomic E-state index is 0.0933. The third kappa shape index (κ3) is 7.24. The van der Waals surface area contributed by atoms with Crippen molar-refractivity contribution in [1.82, 2.24) is 0 Å². The molecule has 0 aromatic heterocycles. The van der Waals surface area contributed by atoms with E-state index in [1.54, 1.807) is 19.1 Å². The minimum atomic E-state index is -1.50. The van der Waals surface area contributed by atoms with Gasteiger partial charge in [0.2, 0.25) is 12.6 Å². The van der Waals surface area contributed by atoms with Crippen molar-refractivity contribution in [2.24, 2.45) is 28.6 Å². The van der Waals surface area contributed by atoms with Gasteiger partial charge in [-0.2, -0.15) is 0 Å². The van der Waals surface area contributed by atoms with Gasteiger partial charge in [-0.25, -0.2) is 0 Å². The molecule has 0 N–H and O–H groups in total. The van der Waals surface area contributed by atoms with Gasteiger partial charge >= 0.3 is 29.8 Å². The lowest BCUT2D eigenvalue weighted by atomic mass is 9.44. The van der Waals surface area contributed by atoms with Crippen LogP contribution in [0.1, 0.15) is 93.9 Å². The Morgan fingerprint density at radius 1 is 1.00 bits per heavy atom. The number of carbonyl (C=O) groups is 5. The van der Waals surface area contributed by atoms with Gasteiger partial charge in [-0.1, -0.05) is 59.4 Å². The van der Waals surface area contributed by atoms with E-state index in [2.05, 4.69) is 13.2 Å². The Labute approximate surface area is 272 Å². The van der Waals surface area contributed by atoms with Crippen LogP contribution in [0.15, 0.2) is 36.5 Å². The van der Waals surface area contributed by atoms with E-state index >= 15 is 0 Å². The molecule has 10 atom stereocenters. The van der Waals surface area contributed by atoms with Gasteiger partial charge in [0.1, 0.15) is 17.6 Å². The van der Waals surface area contributed by atoms with Crippen molar-refractivity contribution in [3.05, 3.63) is 36.5 Å². The maximum absolute atomic E-state index is 13.1. The molecule has 1 saturated carbocycles. The molecule has 3 aliphatic rings. The van der Waals surface area contributed by atoms with E-state index in [1.165, 1.54) is 20.8 Å². The summed E-state index contributed by atoms with van der Waals surface area (Å²) in [5.41, 5.74) is -1.14. The first-order valence-corrected chi connectivity index (χ1v) is 16.2. The standard InChI is InChI=1S/C35H50O11/c1-11-14-28(39)45-32-26-17-25(44-31(40)20(5)13-3)18-27-34(10,16-15-19(4)12-2)21(6)29(41-22(7)36)30(42-23(8)37)35(26,27)33(46-32)43-24(9)38/h12,17,20-21,25,27,29-30,32-33H,2,4,11,13-16,18H2,1,3,5-10H3/t20?,21-,25+,27+,29+,30+,32+,33-,34-,35-/m0/s1. The lowest BCUT2D eigenvalue weighted by molar-refractivity contribution is -0.280. The molecule has 1 unspecified atom stereocenters. The molecule has 0 radical (unpaired) electrons. The van der Waals surface area contributed by atoms with Crippen LogP contribution in [0, 0.1) is 28.6 Å². The Balaban J connectivity index is 2.41. The number of hydrogen-bond donors (Lipinski definition) is 0. The average molecular weight is 647 g/mol. The smallest absolute Gasteiger partial charge is 0.309 e. The zero-order valence-electron chi connectivity index (χ0n) is 28.4. The third-order valence-corrected chi connectivity index (χ3v) is 10.0. The summed E-state index contributed by atoms with van der Waals surface area (Å²) in [7, 11) is 0. The highest BCUT2D eigenvalue weighted by Crippen LogP contribution is 2.68. The number of esters is 5. The second kappa shape index (κ2) is 15.0. The predicted molar refractivity (Wildman–Crippen MR) is 166 cm³/mol.